The van der Waals surface area contributed by atoms with Crippen LogP contribution in [0.4, 0.5) is 4.39 Å². The van der Waals surface area contributed by atoms with Crippen LogP contribution in [0.2, 0.25) is 0 Å². The number of hydrogen-bond acceptors (Lipinski definition) is 4. The summed E-state index contributed by atoms with van der Waals surface area (Å²) >= 11 is 0. The minimum atomic E-state index is -0.529. The third-order valence-corrected chi connectivity index (χ3v) is 4.29. The van der Waals surface area contributed by atoms with Gasteiger partial charge in [-0.05, 0) is 43.9 Å². The first-order chi connectivity index (χ1) is 12.0. The van der Waals surface area contributed by atoms with E-state index in [-0.39, 0.29) is 23.3 Å². The van der Waals surface area contributed by atoms with Gasteiger partial charge in [0.25, 0.3) is 5.91 Å². The first-order valence-corrected chi connectivity index (χ1v) is 8.31. The summed E-state index contributed by atoms with van der Waals surface area (Å²) in [7, 11) is 0. The van der Waals surface area contributed by atoms with Gasteiger partial charge in [0, 0.05) is 19.2 Å². The predicted molar refractivity (Wildman–Crippen MR) is 88.2 cm³/mol. The maximum Gasteiger partial charge on any atom is 0.276 e. The van der Waals surface area contributed by atoms with Crippen LogP contribution in [0.15, 0.2) is 34.9 Å². The highest BCUT2D eigenvalue weighted by Crippen LogP contribution is 2.20. The molecule has 132 valence electrons. The lowest BCUT2D eigenvalue weighted by molar-refractivity contribution is -0.126. The van der Waals surface area contributed by atoms with Gasteiger partial charge >= 0.3 is 0 Å². The topological polar surface area (TPSA) is 75.4 Å². The van der Waals surface area contributed by atoms with E-state index < -0.39 is 6.04 Å². The van der Waals surface area contributed by atoms with Crippen molar-refractivity contribution < 1.29 is 18.5 Å². The van der Waals surface area contributed by atoms with Crippen molar-refractivity contribution in [2.75, 3.05) is 6.54 Å². The number of halogens is 1. The van der Waals surface area contributed by atoms with Gasteiger partial charge in [-0.2, -0.15) is 0 Å². The Hall–Kier alpha value is -2.70. The molecule has 1 aliphatic heterocycles. The third-order valence-electron chi connectivity index (χ3n) is 4.29. The molecule has 2 heterocycles. The highest BCUT2D eigenvalue weighted by atomic mass is 19.1. The first kappa shape index (κ1) is 17.1. The van der Waals surface area contributed by atoms with Crippen LogP contribution in [-0.2, 0) is 11.3 Å². The van der Waals surface area contributed by atoms with E-state index in [0.717, 1.165) is 18.4 Å². The van der Waals surface area contributed by atoms with Gasteiger partial charge in [-0.3, -0.25) is 9.59 Å². The molecular weight excluding hydrogens is 325 g/mol. The van der Waals surface area contributed by atoms with Crippen LogP contribution in [0, 0.1) is 12.7 Å². The number of piperidine rings is 1. The Balaban J connectivity index is 1.66. The van der Waals surface area contributed by atoms with E-state index >= 15 is 0 Å². The van der Waals surface area contributed by atoms with Crippen LogP contribution >= 0.6 is 0 Å². The molecule has 1 aromatic heterocycles. The molecule has 2 amide bonds. The molecule has 1 N–H and O–H groups in total. The molecule has 2 aromatic rings. The number of hydrogen-bond donors (Lipinski definition) is 1. The van der Waals surface area contributed by atoms with Gasteiger partial charge in [0.05, 0.1) is 0 Å². The number of aryl methyl sites for hydroxylation is 1. The van der Waals surface area contributed by atoms with Crippen LogP contribution in [0.5, 0.6) is 0 Å². The lowest BCUT2D eigenvalue weighted by Crippen LogP contribution is -2.51. The lowest BCUT2D eigenvalue weighted by atomic mass is 10.0. The van der Waals surface area contributed by atoms with Gasteiger partial charge in [0.2, 0.25) is 5.91 Å². The molecule has 0 spiro atoms. The van der Waals surface area contributed by atoms with E-state index in [4.69, 9.17) is 4.52 Å². The monoisotopic (exact) mass is 345 g/mol. The largest absolute Gasteiger partial charge is 0.361 e. The molecule has 1 saturated heterocycles. The summed E-state index contributed by atoms with van der Waals surface area (Å²) in [6.07, 6.45) is 2.35. The van der Waals surface area contributed by atoms with E-state index in [1.165, 1.54) is 12.1 Å². The fourth-order valence-corrected chi connectivity index (χ4v) is 2.97. The number of aromatic nitrogens is 1. The number of benzene rings is 1. The van der Waals surface area contributed by atoms with E-state index in [1.807, 2.05) is 0 Å². The van der Waals surface area contributed by atoms with Gasteiger partial charge < -0.3 is 14.7 Å². The zero-order valence-electron chi connectivity index (χ0n) is 14.0. The summed E-state index contributed by atoms with van der Waals surface area (Å²) in [5, 5.41) is 6.58. The Morgan fingerprint density at radius 2 is 2.08 bits per heavy atom. The molecule has 3 rings (SSSR count). The van der Waals surface area contributed by atoms with Crippen molar-refractivity contribution in [3.05, 3.63) is 53.2 Å². The average molecular weight is 345 g/mol. The van der Waals surface area contributed by atoms with Crippen LogP contribution < -0.4 is 5.32 Å². The smallest absolute Gasteiger partial charge is 0.276 e. The molecule has 0 unspecified atom stereocenters. The van der Waals surface area contributed by atoms with Gasteiger partial charge in [0.1, 0.15) is 17.6 Å². The highest BCUT2D eigenvalue weighted by molar-refractivity contribution is 5.96. The summed E-state index contributed by atoms with van der Waals surface area (Å²) < 4.78 is 17.9. The quantitative estimate of drug-likeness (QED) is 0.923. The number of carbonyl (C=O) groups excluding carboxylic acids is 2. The SMILES string of the molecule is Cc1cc(C(=O)N2CCCC[C@@H]2C(=O)NCc2ccc(F)cc2)no1. The Labute approximate surface area is 145 Å². The lowest BCUT2D eigenvalue weighted by Gasteiger charge is -2.34. The van der Waals surface area contributed by atoms with Crippen LogP contribution in [0.3, 0.4) is 0 Å². The standard InChI is InChI=1S/C18H20FN3O3/c1-12-10-15(21-25-12)18(24)22-9-3-2-4-16(22)17(23)20-11-13-5-7-14(19)8-6-13/h5-8,10,16H,2-4,9,11H2,1H3,(H,20,23)/t16-/m1/s1. The molecule has 25 heavy (non-hydrogen) atoms. The minimum Gasteiger partial charge on any atom is -0.361 e. The van der Waals surface area contributed by atoms with Crippen molar-refractivity contribution >= 4 is 11.8 Å². The summed E-state index contributed by atoms with van der Waals surface area (Å²) in [6.45, 7) is 2.52. The summed E-state index contributed by atoms with van der Waals surface area (Å²) in [5.41, 5.74) is 1.02. The van der Waals surface area contributed by atoms with Crippen LogP contribution in [0.1, 0.15) is 41.1 Å². The Bertz CT molecular complexity index is 757. The molecule has 1 atom stereocenters. The van der Waals surface area contributed by atoms with E-state index in [0.29, 0.717) is 25.3 Å². The molecular formula is C18H20FN3O3. The zero-order valence-corrected chi connectivity index (χ0v) is 14.0. The summed E-state index contributed by atoms with van der Waals surface area (Å²) in [4.78, 5) is 26.7. The third kappa shape index (κ3) is 4.04. The molecule has 0 saturated carbocycles. The number of nitrogens with one attached hydrogen (secondary N) is 1. The number of nitrogens with zero attached hydrogens (tertiary/aromatic N) is 2. The number of likely N-dealkylation sites (tertiary alicyclic amines) is 1. The number of amides is 2. The Morgan fingerprint density at radius 1 is 1.32 bits per heavy atom. The van der Waals surface area contributed by atoms with Gasteiger partial charge in [-0.25, -0.2) is 4.39 Å². The Kier molecular flexibility index (Phi) is 5.11. The molecule has 1 fully saturated rings. The van der Waals surface area contributed by atoms with Gasteiger partial charge in [-0.15, -0.1) is 0 Å². The minimum absolute atomic E-state index is 0.211. The predicted octanol–water partition coefficient (Wildman–Crippen LogP) is 2.43. The summed E-state index contributed by atoms with van der Waals surface area (Å²) in [5.74, 6) is -0.268. The second-order valence-corrected chi connectivity index (χ2v) is 6.18. The molecule has 1 aliphatic rings. The summed E-state index contributed by atoms with van der Waals surface area (Å²) in [6, 6.07) is 6.99. The van der Waals surface area contributed by atoms with E-state index in [1.54, 1.807) is 30.0 Å². The van der Waals surface area contributed by atoms with Gasteiger partial charge in [-0.1, -0.05) is 17.3 Å². The number of rotatable bonds is 4. The van der Waals surface area contributed by atoms with E-state index in [9.17, 15) is 14.0 Å². The fourth-order valence-electron chi connectivity index (χ4n) is 2.97. The average Bonchev–Trinajstić information content (AvgIpc) is 3.07. The molecule has 0 aliphatic carbocycles. The highest BCUT2D eigenvalue weighted by Gasteiger charge is 2.33. The normalized spacial score (nSPS) is 17.4. The first-order valence-electron chi connectivity index (χ1n) is 8.31. The van der Waals surface area contributed by atoms with Gasteiger partial charge in [0.15, 0.2) is 5.69 Å². The zero-order chi connectivity index (χ0) is 17.8. The molecule has 0 bridgehead atoms. The second-order valence-electron chi connectivity index (χ2n) is 6.18. The molecule has 6 nitrogen and oxygen atoms in total. The van der Waals surface area contributed by atoms with Crippen molar-refractivity contribution in [1.82, 2.24) is 15.4 Å². The van der Waals surface area contributed by atoms with Crippen molar-refractivity contribution in [3.63, 3.8) is 0 Å². The van der Waals surface area contributed by atoms with Crippen molar-refractivity contribution in [3.8, 4) is 0 Å². The molecule has 7 heteroatoms. The Morgan fingerprint density at radius 3 is 2.76 bits per heavy atom. The number of carbonyl (C=O) groups is 2. The maximum absolute atomic E-state index is 12.9. The van der Waals surface area contributed by atoms with E-state index in [2.05, 4.69) is 10.5 Å². The maximum atomic E-state index is 12.9. The van der Waals surface area contributed by atoms with Crippen molar-refractivity contribution in [2.24, 2.45) is 0 Å². The van der Waals surface area contributed by atoms with Crippen molar-refractivity contribution in [2.45, 2.75) is 38.8 Å². The second kappa shape index (κ2) is 7.46. The van der Waals surface area contributed by atoms with Crippen LogP contribution in [0.25, 0.3) is 0 Å². The fraction of sp³-hybridized carbons (Fsp3) is 0.389. The molecule has 1 aromatic carbocycles. The molecule has 0 radical (unpaired) electrons. The van der Waals surface area contributed by atoms with Crippen LogP contribution in [-0.4, -0.2) is 34.5 Å². The van der Waals surface area contributed by atoms with Crippen molar-refractivity contribution in [1.29, 1.82) is 0 Å².